The van der Waals surface area contributed by atoms with Gasteiger partial charge in [-0.2, -0.15) is 0 Å². The van der Waals surface area contributed by atoms with Crippen LogP contribution in [0.4, 0.5) is 5.69 Å². The second kappa shape index (κ2) is 4.57. The number of carbonyl (C=O) groups is 1. The molecule has 1 amide bonds. The van der Waals surface area contributed by atoms with Gasteiger partial charge in [0.1, 0.15) is 6.26 Å². The number of anilines is 1. The minimum absolute atomic E-state index is 0.125. The number of hydrogen-bond donors (Lipinski definition) is 1. The van der Waals surface area contributed by atoms with Crippen LogP contribution in [0.5, 0.6) is 0 Å². The predicted octanol–water partition coefficient (Wildman–Crippen LogP) is 1.56. The lowest BCUT2D eigenvalue weighted by Crippen LogP contribution is -2.14. The summed E-state index contributed by atoms with van der Waals surface area (Å²) in [6, 6.07) is 3.55. The molecule has 5 nitrogen and oxygen atoms in total. The third-order valence-corrected chi connectivity index (χ3v) is 2.01. The number of hydrogen-bond acceptors (Lipinski definition) is 4. The molecule has 1 N–H and O–H groups in total. The van der Waals surface area contributed by atoms with E-state index in [4.69, 9.17) is 4.42 Å². The van der Waals surface area contributed by atoms with E-state index in [1.807, 2.05) is 6.92 Å². The van der Waals surface area contributed by atoms with Gasteiger partial charge in [0.25, 0.3) is 0 Å². The lowest BCUT2D eigenvalue weighted by Gasteiger charge is -2.03. The number of rotatable bonds is 3. The van der Waals surface area contributed by atoms with Gasteiger partial charge in [0.05, 0.1) is 12.1 Å². The number of oxazole rings is 1. The van der Waals surface area contributed by atoms with Crippen LogP contribution in [0.25, 0.3) is 0 Å². The molecule has 2 heterocycles. The highest BCUT2D eigenvalue weighted by molar-refractivity contribution is 5.91. The average Bonchev–Trinajstić information content (AvgIpc) is 2.70. The highest BCUT2D eigenvalue weighted by Gasteiger charge is 2.06. The van der Waals surface area contributed by atoms with Gasteiger partial charge in [0.2, 0.25) is 5.91 Å². The fraction of sp³-hybridized carbons (Fsp3) is 0.182. The smallest absolute Gasteiger partial charge is 0.230 e. The molecule has 2 rings (SSSR count). The van der Waals surface area contributed by atoms with Crippen LogP contribution in [0.1, 0.15) is 11.4 Å². The van der Waals surface area contributed by atoms with Crippen molar-refractivity contribution in [3.63, 3.8) is 0 Å². The third-order valence-electron chi connectivity index (χ3n) is 2.01. The number of aryl methyl sites for hydroxylation is 1. The molecule has 16 heavy (non-hydrogen) atoms. The van der Waals surface area contributed by atoms with Crippen molar-refractivity contribution in [2.24, 2.45) is 0 Å². The molecule has 0 aromatic carbocycles. The number of nitrogens with zero attached hydrogens (tertiary/aromatic N) is 2. The Morgan fingerprint density at radius 3 is 3.06 bits per heavy atom. The Morgan fingerprint density at radius 1 is 1.50 bits per heavy atom. The maximum Gasteiger partial charge on any atom is 0.230 e. The molecule has 82 valence electrons. The van der Waals surface area contributed by atoms with E-state index in [1.54, 1.807) is 18.3 Å². The maximum atomic E-state index is 11.6. The van der Waals surface area contributed by atoms with Crippen molar-refractivity contribution in [3.05, 3.63) is 42.4 Å². The lowest BCUT2D eigenvalue weighted by atomic mass is 10.3. The molecule has 0 unspecified atom stereocenters. The SMILES string of the molecule is Cc1cc(NC(=O)Cc2cocn2)ccn1. The second-order valence-electron chi connectivity index (χ2n) is 3.39. The van der Waals surface area contributed by atoms with Crippen LogP contribution in [0.3, 0.4) is 0 Å². The quantitative estimate of drug-likeness (QED) is 0.847. The van der Waals surface area contributed by atoms with E-state index in [0.717, 1.165) is 11.4 Å². The Hall–Kier alpha value is -2.17. The van der Waals surface area contributed by atoms with E-state index in [-0.39, 0.29) is 12.3 Å². The number of amides is 1. The molecular formula is C11H11N3O2. The fourth-order valence-corrected chi connectivity index (χ4v) is 1.32. The van der Waals surface area contributed by atoms with Gasteiger partial charge in [-0.05, 0) is 19.1 Å². The minimum Gasteiger partial charge on any atom is -0.451 e. The first-order chi connectivity index (χ1) is 7.74. The Kier molecular flexibility index (Phi) is 2.95. The van der Waals surface area contributed by atoms with E-state index in [9.17, 15) is 4.79 Å². The second-order valence-corrected chi connectivity index (χ2v) is 3.39. The zero-order valence-electron chi connectivity index (χ0n) is 8.80. The van der Waals surface area contributed by atoms with Crippen LogP contribution < -0.4 is 5.32 Å². The first-order valence-electron chi connectivity index (χ1n) is 4.83. The van der Waals surface area contributed by atoms with E-state index in [1.165, 1.54) is 12.7 Å². The summed E-state index contributed by atoms with van der Waals surface area (Å²) < 4.78 is 4.78. The first-order valence-corrected chi connectivity index (χ1v) is 4.83. The van der Waals surface area contributed by atoms with Crippen LogP contribution >= 0.6 is 0 Å². The highest BCUT2D eigenvalue weighted by atomic mass is 16.3. The molecule has 0 spiro atoms. The summed E-state index contributed by atoms with van der Waals surface area (Å²) in [5.74, 6) is -0.125. The van der Waals surface area contributed by atoms with Crippen LogP contribution in [0, 0.1) is 6.92 Å². The summed E-state index contributed by atoms with van der Waals surface area (Å²) in [6.07, 6.45) is 4.62. The monoisotopic (exact) mass is 217 g/mol. The largest absolute Gasteiger partial charge is 0.451 e. The maximum absolute atomic E-state index is 11.6. The van der Waals surface area contributed by atoms with Crippen molar-refractivity contribution < 1.29 is 9.21 Å². The van der Waals surface area contributed by atoms with Crippen molar-refractivity contribution in [2.75, 3.05) is 5.32 Å². The molecular weight excluding hydrogens is 206 g/mol. The molecule has 0 aliphatic heterocycles. The Morgan fingerprint density at radius 2 is 2.38 bits per heavy atom. The van der Waals surface area contributed by atoms with Crippen LogP contribution in [0.15, 0.2) is 35.4 Å². The van der Waals surface area contributed by atoms with Crippen LogP contribution in [-0.2, 0) is 11.2 Å². The van der Waals surface area contributed by atoms with Gasteiger partial charge in [0, 0.05) is 17.6 Å². The van der Waals surface area contributed by atoms with Crippen molar-refractivity contribution in [2.45, 2.75) is 13.3 Å². The van der Waals surface area contributed by atoms with Gasteiger partial charge in [-0.25, -0.2) is 4.98 Å². The van der Waals surface area contributed by atoms with Gasteiger partial charge in [0.15, 0.2) is 6.39 Å². The summed E-state index contributed by atoms with van der Waals surface area (Å²) >= 11 is 0. The van der Waals surface area contributed by atoms with Crippen molar-refractivity contribution in [1.29, 1.82) is 0 Å². The zero-order valence-corrected chi connectivity index (χ0v) is 8.80. The summed E-state index contributed by atoms with van der Waals surface area (Å²) in [6.45, 7) is 1.87. The zero-order chi connectivity index (χ0) is 11.4. The molecule has 2 aromatic rings. The summed E-state index contributed by atoms with van der Waals surface area (Å²) in [4.78, 5) is 19.5. The van der Waals surface area contributed by atoms with Gasteiger partial charge in [-0.3, -0.25) is 9.78 Å². The first kappa shape index (κ1) is 10.4. The van der Waals surface area contributed by atoms with E-state index in [2.05, 4.69) is 15.3 Å². The molecule has 0 atom stereocenters. The molecule has 0 aliphatic rings. The topological polar surface area (TPSA) is 68.0 Å². The number of carbonyl (C=O) groups excluding carboxylic acids is 1. The fourth-order valence-electron chi connectivity index (χ4n) is 1.32. The Labute approximate surface area is 92.5 Å². The number of pyridine rings is 1. The molecule has 0 saturated carbocycles. The Balaban J connectivity index is 1.97. The van der Waals surface area contributed by atoms with E-state index < -0.39 is 0 Å². The highest BCUT2D eigenvalue weighted by Crippen LogP contribution is 2.07. The molecule has 0 aliphatic carbocycles. The molecule has 0 bridgehead atoms. The molecule has 0 fully saturated rings. The van der Waals surface area contributed by atoms with Gasteiger partial charge in [-0.1, -0.05) is 0 Å². The van der Waals surface area contributed by atoms with Gasteiger partial charge in [-0.15, -0.1) is 0 Å². The summed E-state index contributed by atoms with van der Waals surface area (Å²) in [7, 11) is 0. The number of nitrogens with one attached hydrogen (secondary N) is 1. The normalized spacial score (nSPS) is 10.1. The van der Waals surface area contributed by atoms with Crippen molar-refractivity contribution >= 4 is 11.6 Å². The molecule has 5 heteroatoms. The van der Waals surface area contributed by atoms with Crippen molar-refractivity contribution in [1.82, 2.24) is 9.97 Å². The van der Waals surface area contributed by atoms with Gasteiger partial charge < -0.3 is 9.73 Å². The predicted molar refractivity (Wildman–Crippen MR) is 57.8 cm³/mol. The number of aromatic nitrogens is 2. The molecule has 2 aromatic heterocycles. The van der Waals surface area contributed by atoms with Crippen LogP contribution in [0.2, 0.25) is 0 Å². The lowest BCUT2D eigenvalue weighted by molar-refractivity contribution is -0.115. The third kappa shape index (κ3) is 2.66. The standard InChI is InChI=1S/C11H11N3O2/c1-8-4-9(2-3-12-8)14-11(15)5-10-6-16-7-13-10/h2-4,6-7H,5H2,1H3,(H,12,14,15). The molecule has 0 saturated heterocycles. The molecule has 0 radical (unpaired) electrons. The van der Waals surface area contributed by atoms with Crippen molar-refractivity contribution in [3.8, 4) is 0 Å². The Bertz CT molecular complexity index is 480. The van der Waals surface area contributed by atoms with Crippen LogP contribution in [-0.4, -0.2) is 15.9 Å². The average molecular weight is 217 g/mol. The summed E-state index contributed by atoms with van der Waals surface area (Å²) in [5, 5.41) is 2.76. The van der Waals surface area contributed by atoms with E-state index >= 15 is 0 Å². The van der Waals surface area contributed by atoms with E-state index in [0.29, 0.717) is 5.69 Å². The van der Waals surface area contributed by atoms with Gasteiger partial charge >= 0.3 is 0 Å². The minimum atomic E-state index is -0.125. The summed E-state index contributed by atoms with van der Waals surface area (Å²) in [5.41, 5.74) is 2.21.